The number of fused-ring (bicyclic) bond motifs is 1. The lowest BCUT2D eigenvalue weighted by molar-refractivity contribution is -0.117. The molecule has 2 aromatic rings. The monoisotopic (exact) mass is 472 g/mol. The molecule has 0 saturated carbocycles. The summed E-state index contributed by atoms with van der Waals surface area (Å²) in [6, 6.07) is 11.9. The Hall–Kier alpha value is -2.91. The first kappa shape index (κ1) is 23.3. The Morgan fingerprint density at radius 1 is 1.00 bits per heavy atom. The van der Waals surface area contributed by atoms with Crippen molar-refractivity contribution in [1.29, 1.82) is 0 Å². The largest absolute Gasteiger partial charge is 0.446 e. The SMILES string of the molecule is CC(=O)N1c2ccc(-c3ccc(S(C)(=O)=O)cc3)cc2N(C(=O)OC2CCOCC2)C[C@@H]1C. The van der Waals surface area contributed by atoms with Gasteiger partial charge in [-0.15, -0.1) is 0 Å². The quantitative estimate of drug-likeness (QED) is 0.677. The van der Waals surface area contributed by atoms with E-state index in [0.717, 1.165) is 11.1 Å². The molecule has 1 atom stereocenters. The molecule has 2 aliphatic rings. The molecule has 176 valence electrons. The van der Waals surface area contributed by atoms with E-state index >= 15 is 0 Å². The van der Waals surface area contributed by atoms with Crippen LogP contribution in [-0.4, -0.2) is 58.6 Å². The summed E-state index contributed by atoms with van der Waals surface area (Å²) in [6.07, 6.45) is 1.86. The van der Waals surface area contributed by atoms with Gasteiger partial charge in [0.15, 0.2) is 9.84 Å². The number of carbonyl (C=O) groups excluding carboxylic acids is 2. The van der Waals surface area contributed by atoms with Gasteiger partial charge in [-0.3, -0.25) is 9.69 Å². The van der Waals surface area contributed by atoms with E-state index in [9.17, 15) is 18.0 Å². The number of ether oxygens (including phenoxy) is 2. The Morgan fingerprint density at radius 3 is 2.24 bits per heavy atom. The highest BCUT2D eigenvalue weighted by molar-refractivity contribution is 7.90. The van der Waals surface area contributed by atoms with Crippen LogP contribution in [0.4, 0.5) is 16.2 Å². The summed E-state index contributed by atoms with van der Waals surface area (Å²) in [7, 11) is -3.30. The predicted octanol–water partition coefficient (Wildman–Crippen LogP) is 3.63. The molecule has 8 nitrogen and oxygen atoms in total. The van der Waals surface area contributed by atoms with Crippen molar-refractivity contribution in [2.45, 2.75) is 43.7 Å². The number of nitrogens with zero attached hydrogens (tertiary/aromatic N) is 2. The number of amides is 2. The molecule has 0 N–H and O–H groups in total. The molecule has 4 rings (SSSR count). The van der Waals surface area contributed by atoms with E-state index in [2.05, 4.69) is 0 Å². The average Bonchev–Trinajstić information content (AvgIpc) is 2.78. The number of carbonyl (C=O) groups is 2. The number of rotatable bonds is 3. The van der Waals surface area contributed by atoms with Gasteiger partial charge >= 0.3 is 6.09 Å². The summed E-state index contributed by atoms with van der Waals surface area (Å²) in [5, 5.41) is 0. The molecule has 9 heteroatoms. The minimum absolute atomic E-state index is 0.105. The minimum Gasteiger partial charge on any atom is -0.446 e. The normalized spacial score (nSPS) is 19.2. The van der Waals surface area contributed by atoms with Gasteiger partial charge in [0.2, 0.25) is 5.91 Å². The van der Waals surface area contributed by atoms with Crippen LogP contribution in [0.25, 0.3) is 11.1 Å². The Balaban J connectivity index is 1.70. The van der Waals surface area contributed by atoms with Crippen LogP contribution in [0.15, 0.2) is 47.4 Å². The number of hydrogen-bond acceptors (Lipinski definition) is 6. The second-order valence-electron chi connectivity index (χ2n) is 8.54. The highest BCUT2D eigenvalue weighted by Gasteiger charge is 2.35. The van der Waals surface area contributed by atoms with Crippen molar-refractivity contribution in [3.05, 3.63) is 42.5 Å². The molecule has 2 amide bonds. The zero-order valence-electron chi connectivity index (χ0n) is 19.0. The molecule has 0 aromatic heterocycles. The van der Waals surface area contributed by atoms with Crippen LogP contribution < -0.4 is 9.80 Å². The lowest BCUT2D eigenvalue weighted by Gasteiger charge is -2.41. The van der Waals surface area contributed by atoms with Gasteiger partial charge in [-0.2, -0.15) is 0 Å². The summed E-state index contributed by atoms with van der Waals surface area (Å²) >= 11 is 0. The van der Waals surface area contributed by atoms with Crippen molar-refractivity contribution in [1.82, 2.24) is 0 Å². The van der Waals surface area contributed by atoms with Crippen molar-refractivity contribution >= 4 is 33.2 Å². The van der Waals surface area contributed by atoms with Crippen LogP contribution in [0.1, 0.15) is 26.7 Å². The van der Waals surface area contributed by atoms with Gasteiger partial charge in [-0.25, -0.2) is 13.2 Å². The summed E-state index contributed by atoms with van der Waals surface area (Å²) < 4.78 is 34.7. The van der Waals surface area contributed by atoms with Crippen molar-refractivity contribution < 1.29 is 27.5 Å². The highest BCUT2D eigenvalue weighted by Crippen LogP contribution is 2.39. The number of anilines is 2. The lowest BCUT2D eigenvalue weighted by Crippen LogP contribution is -2.52. The van der Waals surface area contributed by atoms with Crippen LogP contribution in [0, 0.1) is 0 Å². The van der Waals surface area contributed by atoms with Crippen molar-refractivity contribution in [2.24, 2.45) is 0 Å². The summed E-state index contributed by atoms with van der Waals surface area (Å²) in [5.41, 5.74) is 2.83. The average molecular weight is 473 g/mol. The molecule has 2 aliphatic heterocycles. The van der Waals surface area contributed by atoms with Gasteiger partial charge in [0.05, 0.1) is 35.5 Å². The first-order valence-corrected chi connectivity index (χ1v) is 12.8. The van der Waals surface area contributed by atoms with E-state index < -0.39 is 15.9 Å². The fraction of sp³-hybridized carbons (Fsp3) is 0.417. The standard InChI is InChI=1S/C24H28N2O6S/c1-16-15-25(24(28)32-20-10-12-31-13-11-20)23-14-19(6-9-22(23)26(16)17(2)27)18-4-7-21(8-5-18)33(3,29)30/h4-9,14,16,20H,10-13,15H2,1-3H3/t16-/m0/s1. The van der Waals surface area contributed by atoms with Crippen molar-refractivity contribution in [3.8, 4) is 11.1 Å². The van der Waals surface area contributed by atoms with Gasteiger partial charge in [-0.1, -0.05) is 18.2 Å². The smallest absolute Gasteiger partial charge is 0.414 e. The molecular weight excluding hydrogens is 444 g/mol. The molecule has 0 radical (unpaired) electrons. The number of sulfone groups is 1. The van der Waals surface area contributed by atoms with Gasteiger partial charge in [0, 0.05) is 32.6 Å². The van der Waals surface area contributed by atoms with E-state index in [4.69, 9.17) is 9.47 Å². The predicted molar refractivity (Wildman–Crippen MR) is 125 cm³/mol. The summed E-state index contributed by atoms with van der Waals surface area (Å²) in [4.78, 5) is 29.0. The fourth-order valence-electron chi connectivity index (χ4n) is 4.35. The first-order chi connectivity index (χ1) is 15.6. The second kappa shape index (κ2) is 9.15. The van der Waals surface area contributed by atoms with Crippen LogP contribution >= 0.6 is 0 Å². The molecule has 2 aromatic carbocycles. The second-order valence-corrected chi connectivity index (χ2v) is 10.6. The number of benzene rings is 2. The number of hydrogen-bond donors (Lipinski definition) is 0. The zero-order valence-corrected chi connectivity index (χ0v) is 19.8. The molecular formula is C24H28N2O6S. The maximum Gasteiger partial charge on any atom is 0.414 e. The Bertz CT molecular complexity index is 1160. The van der Waals surface area contributed by atoms with Crippen LogP contribution in [0.3, 0.4) is 0 Å². The van der Waals surface area contributed by atoms with Gasteiger partial charge < -0.3 is 14.4 Å². The lowest BCUT2D eigenvalue weighted by atomic mass is 10.0. The molecule has 1 saturated heterocycles. The van der Waals surface area contributed by atoms with Crippen LogP contribution in [0.2, 0.25) is 0 Å². The van der Waals surface area contributed by atoms with Gasteiger partial charge in [-0.05, 0) is 42.3 Å². The molecule has 0 spiro atoms. The van der Waals surface area contributed by atoms with E-state index in [1.165, 1.54) is 13.2 Å². The summed E-state index contributed by atoms with van der Waals surface area (Å²) in [6.45, 7) is 4.85. The molecule has 1 fully saturated rings. The molecule has 33 heavy (non-hydrogen) atoms. The maximum atomic E-state index is 13.1. The van der Waals surface area contributed by atoms with E-state index in [-0.39, 0.29) is 22.9 Å². The van der Waals surface area contributed by atoms with Crippen molar-refractivity contribution in [3.63, 3.8) is 0 Å². The third kappa shape index (κ3) is 4.89. The van der Waals surface area contributed by atoms with E-state index in [1.807, 2.05) is 25.1 Å². The Morgan fingerprint density at radius 2 is 1.64 bits per heavy atom. The molecule has 0 unspecified atom stereocenters. The highest BCUT2D eigenvalue weighted by atomic mass is 32.2. The fourth-order valence-corrected chi connectivity index (χ4v) is 4.98. The maximum absolute atomic E-state index is 13.1. The van der Waals surface area contributed by atoms with Gasteiger partial charge in [0.1, 0.15) is 6.10 Å². The van der Waals surface area contributed by atoms with Crippen LogP contribution in [-0.2, 0) is 24.1 Å². The van der Waals surface area contributed by atoms with Crippen LogP contribution in [0.5, 0.6) is 0 Å². The summed E-state index contributed by atoms with van der Waals surface area (Å²) in [5.74, 6) is -0.105. The first-order valence-electron chi connectivity index (χ1n) is 11.0. The van der Waals surface area contributed by atoms with E-state index in [0.29, 0.717) is 44.0 Å². The zero-order chi connectivity index (χ0) is 23.8. The Labute approximate surface area is 194 Å². The van der Waals surface area contributed by atoms with E-state index in [1.54, 1.807) is 34.1 Å². The molecule has 2 heterocycles. The van der Waals surface area contributed by atoms with Crippen molar-refractivity contribution in [2.75, 3.05) is 35.8 Å². The Kier molecular flexibility index (Phi) is 6.45. The van der Waals surface area contributed by atoms with Gasteiger partial charge in [0.25, 0.3) is 0 Å². The topological polar surface area (TPSA) is 93.2 Å². The molecule has 0 aliphatic carbocycles. The third-order valence-electron chi connectivity index (χ3n) is 6.02. The molecule has 0 bridgehead atoms. The minimum atomic E-state index is -3.30. The third-order valence-corrected chi connectivity index (χ3v) is 7.15.